The fraction of sp³-hybridized carbons (Fsp3) is 0.571. The Morgan fingerprint density at radius 1 is 1.28 bits per heavy atom. The molecular weight excluding hydrogens is 230 g/mol. The van der Waals surface area contributed by atoms with E-state index < -0.39 is 0 Å². The van der Waals surface area contributed by atoms with Gasteiger partial charge in [-0.15, -0.1) is 0 Å². The van der Waals surface area contributed by atoms with E-state index in [2.05, 4.69) is 12.2 Å². The highest BCUT2D eigenvalue weighted by Gasteiger charge is 2.06. The van der Waals surface area contributed by atoms with E-state index in [1.807, 2.05) is 18.2 Å². The second-order valence-corrected chi connectivity index (χ2v) is 4.43. The van der Waals surface area contributed by atoms with Crippen LogP contribution in [0.15, 0.2) is 18.2 Å². The lowest BCUT2D eigenvalue weighted by Crippen LogP contribution is -2.21. The summed E-state index contributed by atoms with van der Waals surface area (Å²) in [6.07, 6.45) is 0.826. The summed E-state index contributed by atoms with van der Waals surface area (Å²) in [5.74, 6) is 2.10. The van der Waals surface area contributed by atoms with Gasteiger partial charge in [0.1, 0.15) is 11.5 Å². The standard InChI is InChI=1S/C14H23NO3/c1-11(6-7-16)9-15-10-12-4-5-13(17-2)8-14(12)18-3/h4-5,8,11,15-16H,6-7,9-10H2,1-3H3. The monoisotopic (exact) mass is 253 g/mol. The summed E-state index contributed by atoms with van der Waals surface area (Å²) in [5.41, 5.74) is 1.11. The number of methoxy groups -OCH3 is 2. The van der Waals surface area contributed by atoms with E-state index in [1.54, 1.807) is 14.2 Å². The summed E-state index contributed by atoms with van der Waals surface area (Å²) in [5, 5.41) is 12.2. The van der Waals surface area contributed by atoms with Crippen LogP contribution >= 0.6 is 0 Å². The SMILES string of the molecule is COc1ccc(CNCC(C)CCO)c(OC)c1. The molecule has 0 spiro atoms. The first kappa shape index (κ1) is 14.8. The molecule has 1 rings (SSSR count). The Bertz CT molecular complexity index is 355. The minimum Gasteiger partial charge on any atom is -0.497 e. The van der Waals surface area contributed by atoms with Crippen LogP contribution in [0.25, 0.3) is 0 Å². The molecule has 18 heavy (non-hydrogen) atoms. The molecule has 0 aliphatic carbocycles. The largest absolute Gasteiger partial charge is 0.497 e. The number of rotatable bonds is 8. The summed E-state index contributed by atoms with van der Waals surface area (Å²) < 4.78 is 10.5. The van der Waals surface area contributed by atoms with Gasteiger partial charge in [0.2, 0.25) is 0 Å². The fourth-order valence-corrected chi connectivity index (χ4v) is 1.77. The molecule has 2 N–H and O–H groups in total. The highest BCUT2D eigenvalue weighted by atomic mass is 16.5. The van der Waals surface area contributed by atoms with Gasteiger partial charge in [0, 0.05) is 24.8 Å². The van der Waals surface area contributed by atoms with Crippen LogP contribution in [0, 0.1) is 5.92 Å². The molecule has 0 aromatic heterocycles. The van der Waals surface area contributed by atoms with Gasteiger partial charge in [-0.1, -0.05) is 13.0 Å². The lowest BCUT2D eigenvalue weighted by molar-refractivity contribution is 0.260. The Morgan fingerprint density at radius 2 is 2.06 bits per heavy atom. The minimum atomic E-state index is 0.245. The number of aliphatic hydroxyl groups excluding tert-OH is 1. The van der Waals surface area contributed by atoms with Crippen molar-refractivity contribution in [2.24, 2.45) is 5.92 Å². The Balaban J connectivity index is 2.51. The third-order valence-corrected chi connectivity index (χ3v) is 2.92. The normalized spacial score (nSPS) is 12.2. The predicted molar refractivity (Wildman–Crippen MR) is 72.1 cm³/mol. The molecule has 4 nitrogen and oxygen atoms in total. The first-order valence-corrected chi connectivity index (χ1v) is 6.23. The Kier molecular flexibility index (Phi) is 6.54. The van der Waals surface area contributed by atoms with Crippen molar-refractivity contribution >= 4 is 0 Å². The summed E-state index contributed by atoms with van der Waals surface area (Å²) in [4.78, 5) is 0. The second-order valence-electron chi connectivity index (χ2n) is 4.43. The van der Waals surface area contributed by atoms with Crippen LogP contribution in [0.5, 0.6) is 11.5 Å². The smallest absolute Gasteiger partial charge is 0.127 e. The van der Waals surface area contributed by atoms with Crippen LogP contribution in [-0.4, -0.2) is 32.5 Å². The molecule has 0 heterocycles. The van der Waals surface area contributed by atoms with Crippen LogP contribution in [0.4, 0.5) is 0 Å². The van der Waals surface area contributed by atoms with E-state index in [4.69, 9.17) is 14.6 Å². The average Bonchev–Trinajstić information content (AvgIpc) is 2.39. The molecule has 1 aromatic rings. The zero-order chi connectivity index (χ0) is 13.4. The highest BCUT2D eigenvalue weighted by molar-refractivity contribution is 5.40. The maximum Gasteiger partial charge on any atom is 0.127 e. The molecule has 0 aliphatic heterocycles. The molecule has 4 heteroatoms. The quantitative estimate of drug-likeness (QED) is 0.742. The molecule has 0 bridgehead atoms. The van der Waals surface area contributed by atoms with Crippen molar-refractivity contribution in [3.8, 4) is 11.5 Å². The van der Waals surface area contributed by atoms with E-state index >= 15 is 0 Å². The van der Waals surface area contributed by atoms with E-state index in [1.165, 1.54) is 0 Å². The van der Waals surface area contributed by atoms with Crippen molar-refractivity contribution in [3.63, 3.8) is 0 Å². The molecule has 102 valence electrons. The van der Waals surface area contributed by atoms with Crippen molar-refractivity contribution < 1.29 is 14.6 Å². The molecule has 0 aliphatic rings. The molecule has 1 atom stereocenters. The lowest BCUT2D eigenvalue weighted by atomic mass is 10.1. The van der Waals surface area contributed by atoms with E-state index in [0.29, 0.717) is 5.92 Å². The number of aliphatic hydroxyl groups is 1. The Morgan fingerprint density at radius 3 is 2.67 bits per heavy atom. The molecule has 0 radical (unpaired) electrons. The van der Waals surface area contributed by atoms with E-state index in [-0.39, 0.29) is 6.61 Å². The van der Waals surface area contributed by atoms with Gasteiger partial charge in [-0.25, -0.2) is 0 Å². The van der Waals surface area contributed by atoms with Crippen molar-refractivity contribution in [3.05, 3.63) is 23.8 Å². The Labute approximate surface area is 109 Å². The van der Waals surface area contributed by atoms with Gasteiger partial charge < -0.3 is 19.9 Å². The number of benzene rings is 1. The molecule has 0 saturated heterocycles. The van der Waals surface area contributed by atoms with E-state index in [0.717, 1.165) is 36.6 Å². The lowest BCUT2D eigenvalue weighted by Gasteiger charge is -2.13. The third-order valence-electron chi connectivity index (χ3n) is 2.92. The van der Waals surface area contributed by atoms with Crippen LogP contribution in [0.3, 0.4) is 0 Å². The van der Waals surface area contributed by atoms with Crippen LogP contribution in [0.2, 0.25) is 0 Å². The van der Waals surface area contributed by atoms with Gasteiger partial charge in [-0.3, -0.25) is 0 Å². The van der Waals surface area contributed by atoms with Crippen molar-refractivity contribution in [1.82, 2.24) is 5.32 Å². The van der Waals surface area contributed by atoms with Gasteiger partial charge in [0.25, 0.3) is 0 Å². The molecule has 1 unspecified atom stereocenters. The van der Waals surface area contributed by atoms with Gasteiger partial charge >= 0.3 is 0 Å². The van der Waals surface area contributed by atoms with Gasteiger partial charge in [-0.2, -0.15) is 0 Å². The van der Waals surface area contributed by atoms with E-state index in [9.17, 15) is 0 Å². The minimum absolute atomic E-state index is 0.245. The second kappa shape index (κ2) is 7.95. The number of hydrogen-bond donors (Lipinski definition) is 2. The number of hydrogen-bond acceptors (Lipinski definition) is 4. The molecule has 0 amide bonds. The molecule has 0 fully saturated rings. The summed E-state index contributed by atoms with van der Waals surface area (Å²) in [7, 11) is 3.30. The maximum absolute atomic E-state index is 8.83. The van der Waals surface area contributed by atoms with Crippen molar-refractivity contribution in [2.75, 3.05) is 27.4 Å². The summed E-state index contributed by atoms with van der Waals surface area (Å²) >= 11 is 0. The summed E-state index contributed by atoms with van der Waals surface area (Å²) in [6, 6.07) is 5.81. The predicted octanol–water partition coefficient (Wildman–Crippen LogP) is 1.81. The number of ether oxygens (including phenoxy) is 2. The van der Waals surface area contributed by atoms with Crippen LogP contribution in [-0.2, 0) is 6.54 Å². The third kappa shape index (κ3) is 4.55. The molecular formula is C14H23NO3. The first-order valence-electron chi connectivity index (χ1n) is 6.23. The zero-order valence-electron chi connectivity index (χ0n) is 11.4. The maximum atomic E-state index is 8.83. The van der Waals surface area contributed by atoms with Crippen molar-refractivity contribution in [2.45, 2.75) is 19.9 Å². The van der Waals surface area contributed by atoms with Gasteiger partial charge in [0.05, 0.1) is 14.2 Å². The summed E-state index contributed by atoms with van der Waals surface area (Å²) in [6.45, 7) is 4.00. The fourth-order valence-electron chi connectivity index (χ4n) is 1.77. The molecule has 0 saturated carbocycles. The van der Waals surface area contributed by atoms with Gasteiger partial charge in [-0.05, 0) is 24.9 Å². The average molecular weight is 253 g/mol. The van der Waals surface area contributed by atoms with Crippen molar-refractivity contribution in [1.29, 1.82) is 0 Å². The zero-order valence-corrected chi connectivity index (χ0v) is 11.4. The van der Waals surface area contributed by atoms with Crippen LogP contribution in [0.1, 0.15) is 18.9 Å². The Hall–Kier alpha value is -1.26. The van der Waals surface area contributed by atoms with Gasteiger partial charge in [0.15, 0.2) is 0 Å². The highest BCUT2D eigenvalue weighted by Crippen LogP contribution is 2.24. The topological polar surface area (TPSA) is 50.7 Å². The number of nitrogens with one attached hydrogen (secondary N) is 1. The first-order chi connectivity index (χ1) is 8.71. The molecule has 1 aromatic carbocycles. The van der Waals surface area contributed by atoms with Crippen LogP contribution < -0.4 is 14.8 Å².